The van der Waals surface area contributed by atoms with Gasteiger partial charge in [0.15, 0.2) is 11.5 Å². The van der Waals surface area contributed by atoms with Crippen LogP contribution < -0.4 is 9.47 Å². The summed E-state index contributed by atoms with van der Waals surface area (Å²) in [5.41, 5.74) is 3.22. The molecule has 0 amide bonds. The maximum Gasteiger partial charge on any atom is 0.164 e. The van der Waals surface area contributed by atoms with Gasteiger partial charge in [0.2, 0.25) is 0 Å². The lowest BCUT2D eigenvalue weighted by Crippen LogP contribution is -2.00. The number of ether oxygens (including phenoxy) is 2. The van der Waals surface area contributed by atoms with E-state index in [4.69, 9.17) is 9.47 Å². The number of benzene rings is 1. The molecule has 1 aromatic carbocycles. The SMILES string of the molecule is CCOc1c(Cc2c[nH]c3ncccc23)cccc1OC. The van der Waals surface area contributed by atoms with Crippen LogP contribution in [0.4, 0.5) is 0 Å². The Bertz CT molecular complexity index is 749. The number of methoxy groups -OCH3 is 1. The highest BCUT2D eigenvalue weighted by molar-refractivity contribution is 5.80. The lowest BCUT2D eigenvalue weighted by Gasteiger charge is -2.13. The standard InChI is InChI=1S/C17H18N2O2/c1-3-21-16-12(6-4-8-15(16)20-2)10-13-11-19-17-14(13)7-5-9-18-17/h4-9,11H,3,10H2,1-2H3,(H,18,19). The third kappa shape index (κ3) is 2.57. The summed E-state index contributed by atoms with van der Waals surface area (Å²) in [4.78, 5) is 7.53. The van der Waals surface area contributed by atoms with Gasteiger partial charge in [0, 0.05) is 29.8 Å². The molecule has 0 aliphatic carbocycles. The molecule has 21 heavy (non-hydrogen) atoms. The van der Waals surface area contributed by atoms with E-state index in [-0.39, 0.29) is 0 Å². The van der Waals surface area contributed by atoms with Gasteiger partial charge in [0.05, 0.1) is 13.7 Å². The second-order valence-corrected chi connectivity index (χ2v) is 4.77. The average Bonchev–Trinajstić information content (AvgIpc) is 2.92. The number of para-hydroxylation sites is 1. The van der Waals surface area contributed by atoms with Crippen LogP contribution in [0.1, 0.15) is 18.1 Å². The molecule has 1 N–H and O–H groups in total. The Morgan fingerprint density at radius 2 is 2.05 bits per heavy atom. The quantitative estimate of drug-likeness (QED) is 0.778. The van der Waals surface area contributed by atoms with Crippen molar-refractivity contribution in [2.24, 2.45) is 0 Å². The summed E-state index contributed by atoms with van der Waals surface area (Å²) >= 11 is 0. The van der Waals surface area contributed by atoms with Crippen LogP contribution in [-0.4, -0.2) is 23.7 Å². The van der Waals surface area contributed by atoms with E-state index in [0.29, 0.717) is 6.61 Å². The van der Waals surface area contributed by atoms with E-state index in [1.165, 1.54) is 5.56 Å². The predicted molar refractivity (Wildman–Crippen MR) is 83.1 cm³/mol. The Morgan fingerprint density at radius 3 is 2.86 bits per heavy atom. The fraction of sp³-hybridized carbons (Fsp3) is 0.235. The molecule has 108 valence electrons. The summed E-state index contributed by atoms with van der Waals surface area (Å²) in [6.45, 7) is 2.59. The largest absolute Gasteiger partial charge is 0.493 e. The minimum Gasteiger partial charge on any atom is -0.493 e. The van der Waals surface area contributed by atoms with Crippen LogP contribution in [0.25, 0.3) is 11.0 Å². The molecular weight excluding hydrogens is 264 g/mol. The Balaban J connectivity index is 2.01. The average molecular weight is 282 g/mol. The van der Waals surface area contributed by atoms with Crippen LogP contribution in [0, 0.1) is 0 Å². The molecule has 2 aromatic heterocycles. The first-order valence-corrected chi connectivity index (χ1v) is 7.03. The molecule has 0 saturated carbocycles. The molecule has 3 aromatic rings. The second kappa shape index (κ2) is 5.87. The number of pyridine rings is 1. The zero-order chi connectivity index (χ0) is 14.7. The van der Waals surface area contributed by atoms with E-state index in [1.807, 2.05) is 31.3 Å². The number of nitrogens with zero attached hydrogens (tertiary/aromatic N) is 1. The number of H-pyrrole nitrogens is 1. The summed E-state index contributed by atoms with van der Waals surface area (Å²) in [5.74, 6) is 1.59. The maximum absolute atomic E-state index is 5.77. The van der Waals surface area contributed by atoms with Crippen molar-refractivity contribution in [1.29, 1.82) is 0 Å². The van der Waals surface area contributed by atoms with Gasteiger partial charge >= 0.3 is 0 Å². The van der Waals surface area contributed by atoms with E-state index in [0.717, 1.165) is 34.5 Å². The number of hydrogen-bond acceptors (Lipinski definition) is 3. The molecule has 3 rings (SSSR count). The first-order valence-electron chi connectivity index (χ1n) is 7.03. The van der Waals surface area contributed by atoms with Crippen molar-refractivity contribution < 1.29 is 9.47 Å². The third-order valence-electron chi connectivity index (χ3n) is 3.49. The van der Waals surface area contributed by atoms with E-state index >= 15 is 0 Å². The molecule has 4 heteroatoms. The number of rotatable bonds is 5. The van der Waals surface area contributed by atoms with Gasteiger partial charge in [0.25, 0.3) is 0 Å². The van der Waals surface area contributed by atoms with Gasteiger partial charge in [-0.1, -0.05) is 12.1 Å². The van der Waals surface area contributed by atoms with Crippen molar-refractivity contribution in [1.82, 2.24) is 9.97 Å². The first-order chi connectivity index (χ1) is 10.3. The van der Waals surface area contributed by atoms with E-state index in [2.05, 4.69) is 22.1 Å². The smallest absolute Gasteiger partial charge is 0.164 e. The highest BCUT2D eigenvalue weighted by Gasteiger charge is 2.13. The Labute approximate surface area is 123 Å². The van der Waals surface area contributed by atoms with Crippen LogP contribution in [0.5, 0.6) is 11.5 Å². The molecule has 0 unspecified atom stereocenters. The number of fused-ring (bicyclic) bond motifs is 1. The lowest BCUT2D eigenvalue weighted by atomic mass is 10.0. The first kappa shape index (κ1) is 13.5. The van der Waals surface area contributed by atoms with Gasteiger partial charge in [-0.3, -0.25) is 0 Å². The summed E-state index contributed by atoms with van der Waals surface area (Å²) < 4.78 is 11.2. The van der Waals surface area contributed by atoms with Crippen molar-refractivity contribution in [2.45, 2.75) is 13.3 Å². The highest BCUT2D eigenvalue weighted by Crippen LogP contribution is 2.33. The number of aromatic nitrogens is 2. The monoisotopic (exact) mass is 282 g/mol. The Morgan fingerprint density at radius 1 is 1.14 bits per heavy atom. The van der Waals surface area contributed by atoms with Crippen LogP contribution >= 0.6 is 0 Å². The maximum atomic E-state index is 5.77. The molecule has 0 fully saturated rings. The van der Waals surface area contributed by atoms with Crippen molar-refractivity contribution in [3.8, 4) is 11.5 Å². The minimum absolute atomic E-state index is 0.614. The lowest BCUT2D eigenvalue weighted by molar-refractivity contribution is 0.308. The normalized spacial score (nSPS) is 10.8. The van der Waals surface area contributed by atoms with Crippen LogP contribution in [-0.2, 0) is 6.42 Å². The molecule has 2 heterocycles. The molecule has 0 radical (unpaired) electrons. The summed E-state index contributed by atoms with van der Waals surface area (Å²) in [7, 11) is 1.66. The summed E-state index contributed by atoms with van der Waals surface area (Å²) in [5, 5.41) is 1.14. The van der Waals surface area contributed by atoms with E-state index in [1.54, 1.807) is 13.3 Å². The van der Waals surface area contributed by atoms with Gasteiger partial charge in [-0.05, 0) is 30.7 Å². The molecule has 0 bridgehead atoms. The number of aromatic amines is 1. The molecular formula is C17H18N2O2. The van der Waals surface area contributed by atoms with Crippen LogP contribution in [0.2, 0.25) is 0 Å². The van der Waals surface area contributed by atoms with Crippen LogP contribution in [0.15, 0.2) is 42.7 Å². The van der Waals surface area contributed by atoms with E-state index in [9.17, 15) is 0 Å². The van der Waals surface area contributed by atoms with Gasteiger partial charge in [0.1, 0.15) is 5.65 Å². The molecule has 0 atom stereocenters. The highest BCUT2D eigenvalue weighted by atomic mass is 16.5. The van der Waals surface area contributed by atoms with Gasteiger partial charge in [-0.15, -0.1) is 0 Å². The molecule has 0 spiro atoms. The molecule has 0 aliphatic heterocycles. The topological polar surface area (TPSA) is 47.1 Å². The Hall–Kier alpha value is -2.49. The molecule has 0 saturated heterocycles. The number of nitrogens with one attached hydrogen (secondary N) is 1. The second-order valence-electron chi connectivity index (χ2n) is 4.77. The minimum atomic E-state index is 0.614. The number of hydrogen-bond donors (Lipinski definition) is 1. The summed E-state index contributed by atoms with van der Waals surface area (Å²) in [6.07, 6.45) is 4.57. The predicted octanol–water partition coefficient (Wildman–Crippen LogP) is 3.56. The summed E-state index contributed by atoms with van der Waals surface area (Å²) in [6, 6.07) is 10.0. The zero-order valence-corrected chi connectivity index (χ0v) is 12.2. The van der Waals surface area contributed by atoms with Gasteiger partial charge in [-0.2, -0.15) is 0 Å². The van der Waals surface area contributed by atoms with Gasteiger partial charge < -0.3 is 14.5 Å². The van der Waals surface area contributed by atoms with Crippen LogP contribution in [0.3, 0.4) is 0 Å². The Kier molecular flexibility index (Phi) is 3.77. The van der Waals surface area contributed by atoms with Crippen molar-refractivity contribution in [2.75, 3.05) is 13.7 Å². The fourth-order valence-electron chi connectivity index (χ4n) is 2.53. The molecule has 4 nitrogen and oxygen atoms in total. The molecule has 0 aliphatic rings. The van der Waals surface area contributed by atoms with Crippen molar-refractivity contribution in [3.05, 3.63) is 53.9 Å². The van der Waals surface area contributed by atoms with Crippen molar-refractivity contribution >= 4 is 11.0 Å². The van der Waals surface area contributed by atoms with Gasteiger partial charge in [-0.25, -0.2) is 4.98 Å². The zero-order valence-electron chi connectivity index (χ0n) is 12.2. The van der Waals surface area contributed by atoms with Crippen molar-refractivity contribution in [3.63, 3.8) is 0 Å². The third-order valence-corrected chi connectivity index (χ3v) is 3.49. The fourth-order valence-corrected chi connectivity index (χ4v) is 2.53. The van der Waals surface area contributed by atoms with E-state index < -0.39 is 0 Å².